The van der Waals surface area contributed by atoms with Crippen molar-refractivity contribution < 1.29 is 14.3 Å². The van der Waals surface area contributed by atoms with E-state index in [9.17, 15) is 9.59 Å². The molecule has 3 fully saturated rings. The first-order valence-corrected chi connectivity index (χ1v) is 10.8. The maximum Gasteiger partial charge on any atom is 0.414 e. The SMILES string of the molecule is CN(C)C(=O)CNC(=NCc1ccc(N2CCOC2=O)cc1)NC1CC2CCC1C2.I. The van der Waals surface area contributed by atoms with Crippen molar-refractivity contribution in [3.8, 4) is 0 Å². The van der Waals surface area contributed by atoms with E-state index in [1.165, 1.54) is 25.7 Å². The number of carbonyl (C=O) groups excluding carboxylic acids is 2. The number of nitrogens with zero attached hydrogens (tertiary/aromatic N) is 3. The van der Waals surface area contributed by atoms with Crippen LogP contribution >= 0.6 is 24.0 Å². The maximum atomic E-state index is 12.0. The number of fused-ring (bicyclic) bond motifs is 2. The Morgan fingerprint density at radius 2 is 2.00 bits per heavy atom. The number of likely N-dealkylation sites (N-methyl/N-ethyl adjacent to an activating group) is 1. The predicted octanol–water partition coefficient (Wildman–Crippen LogP) is 2.57. The molecule has 4 rings (SSSR count). The predicted molar refractivity (Wildman–Crippen MR) is 131 cm³/mol. The van der Waals surface area contributed by atoms with Crippen molar-refractivity contribution in [1.82, 2.24) is 15.5 Å². The molecule has 2 amide bonds. The molecule has 1 aromatic carbocycles. The third-order valence-electron chi connectivity index (χ3n) is 6.39. The van der Waals surface area contributed by atoms with E-state index in [-0.39, 0.29) is 42.5 Å². The number of ether oxygens (including phenoxy) is 1. The lowest BCUT2D eigenvalue weighted by atomic mass is 9.95. The zero-order valence-corrected chi connectivity index (χ0v) is 20.5. The molecule has 3 unspecified atom stereocenters. The topological polar surface area (TPSA) is 86.3 Å². The first-order valence-electron chi connectivity index (χ1n) is 10.8. The van der Waals surface area contributed by atoms with E-state index in [1.807, 2.05) is 24.3 Å². The van der Waals surface area contributed by atoms with Gasteiger partial charge in [-0.25, -0.2) is 9.79 Å². The van der Waals surface area contributed by atoms with E-state index in [4.69, 9.17) is 9.73 Å². The third-order valence-corrected chi connectivity index (χ3v) is 6.39. The zero-order valence-electron chi connectivity index (χ0n) is 18.2. The highest BCUT2D eigenvalue weighted by atomic mass is 127. The Kier molecular flexibility index (Phi) is 8.01. The highest BCUT2D eigenvalue weighted by Gasteiger charge is 2.39. The molecule has 2 N–H and O–H groups in total. The molecular weight excluding hydrogens is 509 g/mol. The fourth-order valence-electron chi connectivity index (χ4n) is 4.65. The van der Waals surface area contributed by atoms with Gasteiger partial charge in [-0.05, 0) is 48.8 Å². The van der Waals surface area contributed by atoms with Crippen LogP contribution < -0.4 is 15.5 Å². The van der Waals surface area contributed by atoms with Gasteiger partial charge in [0.15, 0.2) is 5.96 Å². The van der Waals surface area contributed by atoms with Gasteiger partial charge in [0.05, 0.1) is 19.6 Å². The van der Waals surface area contributed by atoms with Crippen molar-refractivity contribution in [2.45, 2.75) is 38.3 Å². The summed E-state index contributed by atoms with van der Waals surface area (Å²) in [5.41, 5.74) is 1.87. The lowest BCUT2D eigenvalue weighted by molar-refractivity contribution is -0.127. The second-order valence-electron chi connectivity index (χ2n) is 8.66. The van der Waals surface area contributed by atoms with Gasteiger partial charge in [0, 0.05) is 25.8 Å². The van der Waals surface area contributed by atoms with E-state index in [0.29, 0.717) is 37.6 Å². The van der Waals surface area contributed by atoms with Crippen molar-refractivity contribution in [1.29, 1.82) is 0 Å². The number of hydrogen-bond donors (Lipinski definition) is 2. The van der Waals surface area contributed by atoms with Gasteiger partial charge in [0.2, 0.25) is 5.91 Å². The zero-order chi connectivity index (χ0) is 21.1. The van der Waals surface area contributed by atoms with E-state index in [1.54, 1.807) is 23.9 Å². The molecule has 2 bridgehead atoms. The minimum atomic E-state index is -0.298. The number of hydrogen-bond acceptors (Lipinski definition) is 4. The van der Waals surface area contributed by atoms with E-state index in [0.717, 1.165) is 17.2 Å². The number of aliphatic imine (C=N–C) groups is 1. The number of guanidine groups is 1. The second kappa shape index (κ2) is 10.5. The lowest BCUT2D eigenvalue weighted by Crippen LogP contribution is -2.48. The maximum absolute atomic E-state index is 12.0. The molecule has 1 aliphatic heterocycles. The summed E-state index contributed by atoms with van der Waals surface area (Å²) in [6.45, 7) is 1.73. The summed E-state index contributed by atoms with van der Waals surface area (Å²) >= 11 is 0. The van der Waals surface area contributed by atoms with Gasteiger partial charge in [-0.2, -0.15) is 0 Å². The molecular formula is C22H32IN5O3. The molecule has 9 heteroatoms. The normalized spacial score (nSPS) is 24.6. The van der Waals surface area contributed by atoms with Gasteiger partial charge in [-0.3, -0.25) is 9.69 Å². The number of nitrogens with one attached hydrogen (secondary N) is 2. The third kappa shape index (κ3) is 5.81. The van der Waals surface area contributed by atoms with Crippen LogP contribution in [0, 0.1) is 11.8 Å². The van der Waals surface area contributed by atoms with Gasteiger partial charge in [-0.15, -0.1) is 24.0 Å². The average molecular weight is 541 g/mol. The number of cyclic esters (lactones) is 1. The molecule has 1 heterocycles. The van der Waals surface area contributed by atoms with Crippen LogP contribution in [0.5, 0.6) is 0 Å². The highest BCUT2D eigenvalue weighted by Crippen LogP contribution is 2.44. The van der Waals surface area contributed by atoms with Crippen molar-refractivity contribution in [2.24, 2.45) is 16.8 Å². The Balaban J connectivity index is 0.00000272. The number of anilines is 1. The molecule has 3 aliphatic rings. The monoisotopic (exact) mass is 541 g/mol. The lowest BCUT2D eigenvalue weighted by Gasteiger charge is -2.25. The van der Waals surface area contributed by atoms with Crippen molar-refractivity contribution in [2.75, 3.05) is 38.7 Å². The van der Waals surface area contributed by atoms with Crippen LogP contribution in [-0.4, -0.2) is 62.7 Å². The molecule has 2 aliphatic carbocycles. The molecule has 0 spiro atoms. The summed E-state index contributed by atoms with van der Waals surface area (Å²) in [5.74, 6) is 2.25. The fourth-order valence-corrected chi connectivity index (χ4v) is 4.65. The van der Waals surface area contributed by atoms with E-state index in [2.05, 4.69) is 10.6 Å². The molecule has 1 aromatic rings. The Morgan fingerprint density at radius 3 is 2.58 bits per heavy atom. The first-order chi connectivity index (χ1) is 14.5. The summed E-state index contributed by atoms with van der Waals surface area (Å²) in [5, 5.41) is 6.77. The van der Waals surface area contributed by atoms with E-state index >= 15 is 0 Å². The van der Waals surface area contributed by atoms with Crippen LogP contribution in [0.2, 0.25) is 0 Å². The van der Waals surface area contributed by atoms with Gasteiger partial charge in [0.1, 0.15) is 6.61 Å². The molecule has 3 atom stereocenters. The average Bonchev–Trinajstić information content (AvgIpc) is 3.47. The Morgan fingerprint density at radius 1 is 1.23 bits per heavy atom. The number of carbonyl (C=O) groups is 2. The van der Waals surface area contributed by atoms with Gasteiger partial charge in [-0.1, -0.05) is 18.6 Å². The molecule has 2 saturated carbocycles. The summed E-state index contributed by atoms with van der Waals surface area (Å²) in [6.07, 6.45) is 4.83. The summed E-state index contributed by atoms with van der Waals surface area (Å²) < 4.78 is 4.99. The summed E-state index contributed by atoms with van der Waals surface area (Å²) in [7, 11) is 3.50. The molecule has 31 heavy (non-hydrogen) atoms. The minimum absolute atomic E-state index is 0. The van der Waals surface area contributed by atoms with Crippen LogP contribution in [0.4, 0.5) is 10.5 Å². The molecule has 0 radical (unpaired) electrons. The number of halogens is 1. The largest absolute Gasteiger partial charge is 0.447 e. The number of benzene rings is 1. The summed E-state index contributed by atoms with van der Waals surface area (Å²) in [4.78, 5) is 31.7. The van der Waals surface area contributed by atoms with Crippen LogP contribution in [0.3, 0.4) is 0 Å². The van der Waals surface area contributed by atoms with Gasteiger partial charge in [0.25, 0.3) is 0 Å². The van der Waals surface area contributed by atoms with E-state index < -0.39 is 0 Å². The Hall–Kier alpha value is -2.04. The van der Waals surface area contributed by atoms with Crippen molar-refractivity contribution in [3.63, 3.8) is 0 Å². The van der Waals surface area contributed by atoms with Crippen LogP contribution in [0.25, 0.3) is 0 Å². The molecule has 0 aromatic heterocycles. The first kappa shape index (κ1) is 23.6. The van der Waals surface area contributed by atoms with Crippen molar-refractivity contribution >= 4 is 47.6 Å². The van der Waals surface area contributed by atoms with Crippen molar-refractivity contribution in [3.05, 3.63) is 29.8 Å². The quantitative estimate of drug-likeness (QED) is 0.329. The molecule has 8 nitrogen and oxygen atoms in total. The standard InChI is InChI=1S/C22H31N5O3.HI/c1-26(2)20(28)14-24-21(25-19-12-16-3-6-17(19)11-16)23-13-15-4-7-18(8-5-15)27-9-10-30-22(27)29;/h4-5,7-8,16-17,19H,3,6,9-14H2,1-2H3,(H2,23,24,25);1H. The van der Waals surface area contributed by atoms with Gasteiger partial charge < -0.3 is 20.3 Å². The second-order valence-corrected chi connectivity index (χ2v) is 8.66. The number of amides is 2. The van der Waals surface area contributed by atoms with Gasteiger partial charge >= 0.3 is 6.09 Å². The van der Waals surface area contributed by atoms with Crippen LogP contribution in [0.15, 0.2) is 29.3 Å². The van der Waals surface area contributed by atoms with Crippen LogP contribution in [0.1, 0.15) is 31.2 Å². The molecule has 170 valence electrons. The number of rotatable bonds is 6. The smallest absolute Gasteiger partial charge is 0.414 e. The highest BCUT2D eigenvalue weighted by molar-refractivity contribution is 14.0. The fraction of sp³-hybridized carbons (Fsp3) is 0.591. The molecule has 1 saturated heterocycles. The van der Waals surface area contributed by atoms with Crippen LogP contribution in [-0.2, 0) is 16.1 Å². The Bertz CT molecular complexity index is 814. The summed E-state index contributed by atoms with van der Waals surface area (Å²) in [6, 6.07) is 8.23. The minimum Gasteiger partial charge on any atom is -0.447 e. The Labute approximate surface area is 200 Å².